The third-order valence-corrected chi connectivity index (χ3v) is 5.62. The van der Waals surface area contributed by atoms with Gasteiger partial charge in [0.05, 0.1) is 25.5 Å². The third kappa shape index (κ3) is 3.58. The standard InChI is InChI=1S/C17H11F3N4OS2/c1-8-21-13-12(26-8)6-5-11-14(13)27-16(23-11)24-15(25)22-10-4-2-3-9(7-10)17(18,19)20/h2-7H,1H3,(H2,22,23,24,25). The highest BCUT2D eigenvalue weighted by Crippen LogP contribution is 2.35. The van der Waals surface area contributed by atoms with Gasteiger partial charge >= 0.3 is 12.2 Å². The van der Waals surface area contributed by atoms with Gasteiger partial charge in [-0.2, -0.15) is 13.2 Å². The summed E-state index contributed by atoms with van der Waals surface area (Å²) in [5.74, 6) is 0. The largest absolute Gasteiger partial charge is 0.416 e. The minimum absolute atomic E-state index is 0.0425. The third-order valence-electron chi connectivity index (χ3n) is 3.69. The molecule has 4 rings (SSSR count). The molecule has 4 aromatic rings. The van der Waals surface area contributed by atoms with Gasteiger partial charge in [-0.3, -0.25) is 5.32 Å². The summed E-state index contributed by atoms with van der Waals surface area (Å²) in [6, 6.07) is 7.54. The van der Waals surface area contributed by atoms with E-state index in [1.54, 1.807) is 11.3 Å². The van der Waals surface area contributed by atoms with Crippen LogP contribution in [0.2, 0.25) is 0 Å². The van der Waals surface area contributed by atoms with Crippen molar-refractivity contribution < 1.29 is 18.0 Å². The van der Waals surface area contributed by atoms with Crippen LogP contribution in [0.25, 0.3) is 20.4 Å². The van der Waals surface area contributed by atoms with Crippen LogP contribution in [0.5, 0.6) is 0 Å². The Bertz CT molecular complexity index is 1170. The average Bonchev–Trinajstić information content (AvgIpc) is 3.15. The van der Waals surface area contributed by atoms with Crippen LogP contribution in [0.4, 0.5) is 28.8 Å². The summed E-state index contributed by atoms with van der Waals surface area (Å²) in [6.07, 6.45) is -4.47. The predicted molar refractivity (Wildman–Crippen MR) is 102 cm³/mol. The van der Waals surface area contributed by atoms with Crippen LogP contribution in [0.15, 0.2) is 36.4 Å². The number of carbonyl (C=O) groups excluding carboxylic acids is 1. The molecule has 0 saturated carbocycles. The topological polar surface area (TPSA) is 66.9 Å². The van der Waals surface area contributed by atoms with E-state index in [4.69, 9.17) is 0 Å². The van der Waals surface area contributed by atoms with Crippen LogP contribution < -0.4 is 10.6 Å². The number of nitrogens with one attached hydrogen (secondary N) is 2. The number of rotatable bonds is 2. The SMILES string of the molecule is Cc1nc2c(ccc3nc(NC(=O)Nc4cccc(C(F)(F)F)c4)sc32)s1. The Hall–Kier alpha value is -2.72. The molecular formula is C17H11F3N4OS2. The van der Waals surface area contributed by atoms with Crippen molar-refractivity contribution in [3.63, 3.8) is 0 Å². The van der Waals surface area contributed by atoms with Crippen molar-refractivity contribution in [1.29, 1.82) is 0 Å². The zero-order valence-electron chi connectivity index (χ0n) is 13.7. The Morgan fingerprint density at radius 2 is 1.89 bits per heavy atom. The number of halogens is 3. The predicted octanol–water partition coefficient (Wildman–Crippen LogP) is 5.88. The highest BCUT2D eigenvalue weighted by molar-refractivity contribution is 7.24. The number of nitrogens with zero attached hydrogens (tertiary/aromatic N) is 2. The summed E-state index contributed by atoms with van der Waals surface area (Å²) < 4.78 is 40.2. The number of alkyl halides is 3. The molecule has 0 aliphatic rings. The number of fused-ring (bicyclic) bond motifs is 3. The highest BCUT2D eigenvalue weighted by Gasteiger charge is 2.30. The molecule has 10 heteroatoms. The Labute approximate surface area is 158 Å². The van der Waals surface area contributed by atoms with Crippen LogP contribution >= 0.6 is 22.7 Å². The Morgan fingerprint density at radius 3 is 2.67 bits per heavy atom. The maximum atomic E-state index is 12.8. The molecule has 0 aliphatic carbocycles. The molecule has 0 radical (unpaired) electrons. The second-order valence-electron chi connectivity index (χ2n) is 5.67. The van der Waals surface area contributed by atoms with Gasteiger partial charge in [0.1, 0.15) is 5.52 Å². The number of anilines is 2. The molecule has 0 saturated heterocycles. The number of urea groups is 1. The number of amides is 2. The smallest absolute Gasteiger partial charge is 0.308 e. The minimum atomic E-state index is -4.47. The van der Waals surface area contributed by atoms with Gasteiger partial charge in [-0.15, -0.1) is 11.3 Å². The summed E-state index contributed by atoms with van der Waals surface area (Å²) in [7, 11) is 0. The number of thiazole rings is 2. The van der Waals surface area contributed by atoms with Crippen molar-refractivity contribution in [1.82, 2.24) is 9.97 Å². The van der Waals surface area contributed by atoms with Crippen molar-refractivity contribution in [3.05, 3.63) is 47.0 Å². The van der Waals surface area contributed by atoms with Gasteiger partial charge in [-0.25, -0.2) is 14.8 Å². The summed E-state index contributed by atoms with van der Waals surface area (Å²) in [4.78, 5) is 21.0. The highest BCUT2D eigenvalue weighted by atomic mass is 32.1. The van der Waals surface area contributed by atoms with E-state index in [9.17, 15) is 18.0 Å². The monoisotopic (exact) mass is 408 g/mol. The molecule has 0 aliphatic heterocycles. The van der Waals surface area contributed by atoms with Gasteiger partial charge in [0.15, 0.2) is 5.13 Å². The fourth-order valence-corrected chi connectivity index (χ4v) is 4.43. The molecular weight excluding hydrogens is 397 g/mol. The Balaban J connectivity index is 1.55. The van der Waals surface area contributed by atoms with Crippen molar-refractivity contribution in [2.45, 2.75) is 13.1 Å². The number of carbonyl (C=O) groups is 1. The molecule has 27 heavy (non-hydrogen) atoms. The first-order chi connectivity index (χ1) is 12.8. The lowest BCUT2D eigenvalue weighted by Gasteiger charge is -2.09. The van der Waals surface area contributed by atoms with Gasteiger partial charge in [-0.1, -0.05) is 17.4 Å². The lowest BCUT2D eigenvalue weighted by Crippen LogP contribution is -2.19. The first kappa shape index (κ1) is 17.7. The molecule has 2 aromatic carbocycles. The van der Waals surface area contributed by atoms with Crippen molar-refractivity contribution >= 4 is 60.0 Å². The van der Waals surface area contributed by atoms with E-state index in [-0.39, 0.29) is 5.69 Å². The molecule has 0 bridgehead atoms. The lowest BCUT2D eigenvalue weighted by molar-refractivity contribution is -0.137. The van der Waals surface area contributed by atoms with E-state index in [0.717, 1.165) is 32.1 Å². The normalized spacial score (nSPS) is 11.9. The Kier molecular flexibility index (Phi) is 4.23. The molecule has 0 fully saturated rings. The first-order valence-electron chi connectivity index (χ1n) is 7.71. The fourth-order valence-electron chi connectivity index (χ4n) is 2.57. The second kappa shape index (κ2) is 6.46. The van der Waals surface area contributed by atoms with Crippen LogP contribution in [0.3, 0.4) is 0 Å². The summed E-state index contributed by atoms with van der Waals surface area (Å²) in [6.45, 7) is 1.92. The average molecular weight is 408 g/mol. The lowest BCUT2D eigenvalue weighted by atomic mass is 10.2. The van der Waals surface area contributed by atoms with E-state index < -0.39 is 17.8 Å². The minimum Gasteiger partial charge on any atom is -0.308 e. The van der Waals surface area contributed by atoms with Crippen molar-refractivity contribution in [3.8, 4) is 0 Å². The fraction of sp³-hybridized carbons (Fsp3) is 0.118. The Morgan fingerprint density at radius 1 is 1.07 bits per heavy atom. The van der Waals surface area contributed by atoms with E-state index in [1.807, 2.05) is 19.1 Å². The number of hydrogen-bond donors (Lipinski definition) is 2. The summed E-state index contributed by atoms with van der Waals surface area (Å²) in [5.41, 5.74) is 0.744. The van der Waals surface area contributed by atoms with Crippen LogP contribution in [0, 0.1) is 6.92 Å². The molecule has 2 heterocycles. The molecule has 138 valence electrons. The first-order valence-corrected chi connectivity index (χ1v) is 9.35. The van der Waals surface area contributed by atoms with Gasteiger partial charge in [0.25, 0.3) is 0 Å². The number of aromatic nitrogens is 2. The zero-order valence-corrected chi connectivity index (χ0v) is 15.4. The second-order valence-corrected chi connectivity index (χ2v) is 7.90. The number of aryl methyl sites for hydroxylation is 1. The van der Waals surface area contributed by atoms with E-state index in [2.05, 4.69) is 20.6 Å². The van der Waals surface area contributed by atoms with Crippen LogP contribution in [-0.2, 0) is 6.18 Å². The maximum Gasteiger partial charge on any atom is 0.416 e. The molecule has 0 unspecified atom stereocenters. The quantitative estimate of drug-likeness (QED) is 0.435. The zero-order chi connectivity index (χ0) is 19.2. The van der Waals surface area contributed by atoms with E-state index >= 15 is 0 Å². The summed E-state index contributed by atoms with van der Waals surface area (Å²) in [5, 5.41) is 6.23. The molecule has 0 spiro atoms. The van der Waals surface area contributed by atoms with Crippen molar-refractivity contribution in [2.75, 3.05) is 10.6 Å². The number of benzene rings is 2. The van der Waals surface area contributed by atoms with Gasteiger partial charge in [0.2, 0.25) is 0 Å². The van der Waals surface area contributed by atoms with Crippen LogP contribution in [0.1, 0.15) is 10.6 Å². The molecule has 0 atom stereocenters. The molecule has 2 amide bonds. The number of hydrogen-bond acceptors (Lipinski definition) is 5. The van der Waals surface area contributed by atoms with Crippen molar-refractivity contribution in [2.24, 2.45) is 0 Å². The summed E-state index contributed by atoms with van der Waals surface area (Å²) >= 11 is 2.84. The van der Waals surface area contributed by atoms with Gasteiger partial charge in [-0.05, 0) is 37.3 Å². The van der Waals surface area contributed by atoms with Gasteiger partial charge in [0, 0.05) is 5.69 Å². The van der Waals surface area contributed by atoms with E-state index in [0.29, 0.717) is 10.6 Å². The molecule has 2 N–H and O–H groups in total. The molecule has 5 nitrogen and oxygen atoms in total. The van der Waals surface area contributed by atoms with Gasteiger partial charge < -0.3 is 5.32 Å². The van der Waals surface area contributed by atoms with E-state index in [1.165, 1.54) is 23.5 Å². The van der Waals surface area contributed by atoms with Crippen LogP contribution in [-0.4, -0.2) is 16.0 Å². The maximum absolute atomic E-state index is 12.8. The molecule has 2 aromatic heterocycles.